The van der Waals surface area contributed by atoms with Crippen molar-refractivity contribution < 1.29 is 5.11 Å². The summed E-state index contributed by atoms with van der Waals surface area (Å²) in [4.78, 5) is 0. The Morgan fingerprint density at radius 1 is 1.27 bits per heavy atom. The van der Waals surface area contributed by atoms with E-state index in [2.05, 4.69) is 0 Å². The van der Waals surface area contributed by atoms with Crippen molar-refractivity contribution in [3.8, 4) is 0 Å². The third kappa shape index (κ3) is 1.92. The second-order valence-electron chi connectivity index (χ2n) is 4.64. The number of nitrogens with two attached hydrogens (primary N) is 1. The van der Waals surface area contributed by atoms with Gasteiger partial charge in [0.15, 0.2) is 0 Å². The lowest BCUT2D eigenvalue weighted by Gasteiger charge is -2.30. The van der Waals surface area contributed by atoms with Crippen LogP contribution in [0.2, 0.25) is 0 Å². The first-order chi connectivity index (χ1) is 7.13. The molecule has 0 aromatic heterocycles. The van der Waals surface area contributed by atoms with Crippen LogP contribution in [-0.2, 0) is 0 Å². The molecule has 0 radical (unpaired) electrons. The zero-order valence-electron chi connectivity index (χ0n) is 9.24. The molecule has 1 aliphatic carbocycles. The Bertz CT molecular complexity index is 342. The van der Waals surface area contributed by atoms with E-state index in [4.69, 9.17) is 5.73 Å². The third-order valence-corrected chi connectivity index (χ3v) is 3.57. The number of hydrogen-bond donors (Lipinski definition) is 2. The molecule has 1 saturated carbocycles. The van der Waals surface area contributed by atoms with Crippen LogP contribution in [0.1, 0.15) is 42.9 Å². The Morgan fingerprint density at radius 3 is 2.47 bits per heavy atom. The number of rotatable bonds is 2. The zero-order chi connectivity index (χ0) is 10.9. The molecule has 82 valence electrons. The fraction of sp³-hybridized carbons (Fsp3) is 0.538. The number of hydrogen-bond acceptors (Lipinski definition) is 2. The van der Waals surface area contributed by atoms with Gasteiger partial charge in [-0.05, 0) is 30.9 Å². The molecule has 0 aliphatic heterocycles. The van der Waals surface area contributed by atoms with Crippen LogP contribution < -0.4 is 5.73 Å². The maximum atomic E-state index is 10.4. The Hall–Kier alpha value is -0.860. The van der Waals surface area contributed by atoms with Crippen molar-refractivity contribution in [1.29, 1.82) is 0 Å². The van der Waals surface area contributed by atoms with Crippen LogP contribution in [-0.4, -0.2) is 10.7 Å². The van der Waals surface area contributed by atoms with Crippen LogP contribution in [0.5, 0.6) is 0 Å². The molecule has 0 unspecified atom stereocenters. The van der Waals surface area contributed by atoms with E-state index in [9.17, 15) is 5.11 Å². The largest absolute Gasteiger partial charge is 0.388 e. The Morgan fingerprint density at radius 2 is 1.87 bits per heavy atom. The molecule has 15 heavy (non-hydrogen) atoms. The van der Waals surface area contributed by atoms with Gasteiger partial charge in [0.05, 0.1) is 11.6 Å². The molecule has 1 atom stereocenters. The Kier molecular flexibility index (Phi) is 2.81. The summed E-state index contributed by atoms with van der Waals surface area (Å²) in [5.74, 6) is 0. The van der Waals surface area contributed by atoms with E-state index in [1.54, 1.807) is 0 Å². The van der Waals surface area contributed by atoms with Crippen LogP contribution in [0.3, 0.4) is 0 Å². The van der Waals surface area contributed by atoms with Crippen molar-refractivity contribution in [2.75, 3.05) is 0 Å². The minimum Gasteiger partial charge on any atom is -0.388 e. The minimum absolute atomic E-state index is 0.235. The van der Waals surface area contributed by atoms with Crippen LogP contribution in [0.15, 0.2) is 24.3 Å². The SMILES string of the molecule is Cc1ccccc1[C@@H](N)C1(O)CCCC1. The second kappa shape index (κ2) is 3.95. The van der Waals surface area contributed by atoms with Gasteiger partial charge in [-0.2, -0.15) is 0 Å². The molecule has 2 nitrogen and oxygen atoms in total. The molecule has 1 fully saturated rings. The van der Waals surface area contributed by atoms with Crippen LogP contribution in [0.4, 0.5) is 0 Å². The number of aliphatic hydroxyl groups is 1. The summed E-state index contributed by atoms with van der Waals surface area (Å²) >= 11 is 0. The van der Waals surface area contributed by atoms with Crippen molar-refractivity contribution in [2.24, 2.45) is 5.73 Å². The van der Waals surface area contributed by atoms with E-state index in [-0.39, 0.29) is 6.04 Å². The van der Waals surface area contributed by atoms with Crippen molar-refractivity contribution in [3.63, 3.8) is 0 Å². The first-order valence-corrected chi connectivity index (χ1v) is 5.67. The van der Waals surface area contributed by atoms with Crippen molar-refractivity contribution >= 4 is 0 Å². The van der Waals surface area contributed by atoms with Gasteiger partial charge in [-0.1, -0.05) is 37.1 Å². The topological polar surface area (TPSA) is 46.2 Å². The normalized spacial score (nSPS) is 21.5. The van der Waals surface area contributed by atoms with Crippen molar-refractivity contribution in [1.82, 2.24) is 0 Å². The van der Waals surface area contributed by atoms with Gasteiger partial charge in [0.1, 0.15) is 0 Å². The summed E-state index contributed by atoms with van der Waals surface area (Å²) < 4.78 is 0. The lowest BCUT2D eigenvalue weighted by Crippen LogP contribution is -2.38. The molecule has 0 amide bonds. The smallest absolute Gasteiger partial charge is 0.0839 e. The standard InChI is InChI=1S/C13H19NO/c1-10-6-2-3-7-11(10)12(14)13(15)8-4-5-9-13/h2-3,6-7,12,15H,4-5,8-9,14H2,1H3/t12-/m1/s1. The fourth-order valence-corrected chi connectivity index (χ4v) is 2.52. The molecule has 3 N–H and O–H groups in total. The number of aryl methyl sites for hydroxylation is 1. The highest BCUT2D eigenvalue weighted by atomic mass is 16.3. The van der Waals surface area contributed by atoms with E-state index in [0.29, 0.717) is 0 Å². The third-order valence-electron chi connectivity index (χ3n) is 3.57. The molecule has 1 aromatic rings. The molecule has 0 saturated heterocycles. The van der Waals surface area contributed by atoms with E-state index in [0.717, 1.165) is 31.2 Å². The van der Waals surface area contributed by atoms with Gasteiger partial charge in [0.25, 0.3) is 0 Å². The summed E-state index contributed by atoms with van der Waals surface area (Å²) in [5, 5.41) is 10.4. The van der Waals surface area contributed by atoms with Gasteiger partial charge in [0.2, 0.25) is 0 Å². The first-order valence-electron chi connectivity index (χ1n) is 5.67. The zero-order valence-corrected chi connectivity index (χ0v) is 9.24. The average Bonchev–Trinajstić information content (AvgIpc) is 2.66. The van der Waals surface area contributed by atoms with Gasteiger partial charge in [-0.25, -0.2) is 0 Å². The highest BCUT2D eigenvalue weighted by Gasteiger charge is 2.38. The van der Waals surface area contributed by atoms with Crippen LogP contribution in [0.25, 0.3) is 0 Å². The molecule has 0 bridgehead atoms. The van der Waals surface area contributed by atoms with Gasteiger partial charge in [-0.15, -0.1) is 0 Å². The lowest BCUT2D eigenvalue weighted by atomic mass is 9.86. The van der Waals surface area contributed by atoms with Crippen molar-refractivity contribution in [2.45, 2.75) is 44.2 Å². The number of benzene rings is 1. The second-order valence-corrected chi connectivity index (χ2v) is 4.64. The quantitative estimate of drug-likeness (QED) is 0.778. The summed E-state index contributed by atoms with van der Waals surface area (Å²) in [5.41, 5.74) is 7.77. The summed E-state index contributed by atoms with van der Waals surface area (Å²) in [6, 6.07) is 7.83. The predicted molar refractivity (Wildman–Crippen MR) is 61.5 cm³/mol. The predicted octanol–water partition coefficient (Wildman–Crippen LogP) is 2.30. The van der Waals surface area contributed by atoms with Gasteiger partial charge >= 0.3 is 0 Å². The molecule has 0 heterocycles. The molecule has 1 aliphatic rings. The maximum Gasteiger partial charge on any atom is 0.0839 e. The van der Waals surface area contributed by atoms with E-state index in [1.807, 2.05) is 31.2 Å². The summed E-state index contributed by atoms with van der Waals surface area (Å²) in [6.45, 7) is 2.05. The minimum atomic E-state index is -0.674. The van der Waals surface area contributed by atoms with Crippen LogP contribution >= 0.6 is 0 Å². The Labute approximate surface area is 91.1 Å². The first kappa shape index (κ1) is 10.7. The van der Waals surface area contributed by atoms with Gasteiger partial charge in [-0.3, -0.25) is 0 Å². The monoisotopic (exact) mass is 205 g/mol. The molecule has 2 heteroatoms. The molecular formula is C13H19NO. The Balaban J connectivity index is 2.27. The van der Waals surface area contributed by atoms with E-state index < -0.39 is 5.60 Å². The summed E-state index contributed by atoms with van der Waals surface area (Å²) in [6.07, 6.45) is 3.86. The van der Waals surface area contributed by atoms with E-state index in [1.165, 1.54) is 5.56 Å². The fourth-order valence-electron chi connectivity index (χ4n) is 2.52. The van der Waals surface area contributed by atoms with Gasteiger partial charge in [0, 0.05) is 0 Å². The maximum absolute atomic E-state index is 10.4. The average molecular weight is 205 g/mol. The van der Waals surface area contributed by atoms with Gasteiger partial charge < -0.3 is 10.8 Å². The highest BCUT2D eigenvalue weighted by Crippen LogP contribution is 2.39. The van der Waals surface area contributed by atoms with Crippen molar-refractivity contribution in [3.05, 3.63) is 35.4 Å². The van der Waals surface area contributed by atoms with E-state index >= 15 is 0 Å². The molecule has 1 aromatic carbocycles. The molecular weight excluding hydrogens is 186 g/mol. The lowest BCUT2D eigenvalue weighted by molar-refractivity contribution is 0.0201. The van der Waals surface area contributed by atoms with Crippen LogP contribution in [0, 0.1) is 6.92 Å². The molecule has 0 spiro atoms. The molecule has 2 rings (SSSR count). The summed E-state index contributed by atoms with van der Waals surface area (Å²) in [7, 11) is 0. The highest BCUT2D eigenvalue weighted by molar-refractivity contribution is 5.30.